The summed E-state index contributed by atoms with van der Waals surface area (Å²) in [6, 6.07) is 7.33. The van der Waals surface area contributed by atoms with E-state index in [0.29, 0.717) is 6.42 Å². The van der Waals surface area contributed by atoms with Crippen LogP contribution in [0.3, 0.4) is 0 Å². The molecule has 0 bridgehead atoms. The Kier molecular flexibility index (Phi) is 4.03. The maximum absolute atomic E-state index is 11.5. The molecule has 0 saturated carbocycles. The zero-order valence-electron chi connectivity index (χ0n) is 8.99. The monoisotopic (exact) mass is 205 g/mol. The highest BCUT2D eigenvalue weighted by Gasteiger charge is 2.09. The van der Waals surface area contributed by atoms with E-state index >= 15 is 0 Å². The highest BCUT2D eigenvalue weighted by molar-refractivity contribution is 5.93. The predicted molar refractivity (Wildman–Crippen MR) is 59.7 cm³/mol. The maximum atomic E-state index is 11.5. The Morgan fingerprint density at radius 1 is 1.40 bits per heavy atom. The van der Waals surface area contributed by atoms with Crippen LogP contribution in [0.25, 0.3) is 0 Å². The molecule has 1 N–H and O–H groups in total. The van der Waals surface area contributed by atoms with Crippen molar-refractivity contribution in [3.63, 3.8) is 0 Å². The van der Waals surface area contributed by atoms with Gasteiger partial charge in [0.2, 0.25) is 5.91 Å². The third-order valence-electron chi connectivity index (χ3n) is 2.10. The number of hydrogen-bond acceptors (Lipinski definition) is 2. The number of carbonyl (C=O) groups is 2. The molecule has 1 amide bonds. The van der Waals surface area contributed by atoms with Crippen LogP contribution in [0.2, 0.25) is 0 Å². The van der Waals surface area contributed by atoms with Gasteiger partial charge in [-0.25, -0.2) is 0 Å². The normalized spacial score (nSPS) is 10.1. The number of rotatable bonds is 4. The molecule has 0 saturated heterocycles. The first-order valence-corrected chi connectivity index (χ1v) is 4.97. The van der Waals surface area contributed by atoms with E-state index in [1.807, 2.05) is 32.0 Å². The number of para-hydroxylation sites is 1. The number of amides is 1. The fourth-order valence-electron chi connectivity index (χ4n) is 1.19. The SMILES string of the molecule is CC(C)C(=O)Nc1ccccc1CC=O. The topological polar surface area (TPSA) is 46.2 Å². The van der Waals surface area contributed by atoms with Gasteiger partial charge in [-0.3, -0.25) is 4.79 Å². The minimum atomic E-state index is -0.0608. The number of nitrogens with one attached hydrogen (secondary N) is 1. The van der Waals surface area contributed by atoms with Crippen LogP contribution in [0.1, 0.15) is 19.4 Å². The number of benzene rings is 1. The van der Waals surface area contributed by atoms with Gasteiger partial charge in [0.15, 0.2) is 0 Å². The molecule has 0 aliphatic rings. The second-order valence-corrected chi connectivity index (χ2v) is 3.67. The van der Waals surface area contributed by atoms with Gasteiger partial charge in [0, 0.05) is 18.0 Å². The van der Waals surface area contributed by atoms with Crippen LogP contribution in [-0.2, 0) is 16.0 Å². The van der Waals surface area contributed by atoms with E-state index < -0.39 is 0 Å². The third kappa shape index (κ3) is 3.20. The molecule has 0 spiro atoms. The van der Waals surface area contributed by atoms with Crippen molar-refractivity contribution in [2.24, 2.45) is 5.92 Å². The van der Waals surface area contributed by atoms with Gasteiger partial charge in [-0.15, -0.1) is 0 Å². The van der Waals surface area contributed by atoms with Crippen molar-refractivity contribution in [1.82, 2.24) is 0 Å². The van der Waals surface area contributed by atoms with Crippen LogP contribution in [0.4, 0.5) is 5.69 Å². The van der Waals surface area contributed by atoms with Crippen molar-refractivity contribution >= 4 is 17.9 Å². The van der Waals surface area contributed by atoms with E-state index in [0.717, 1.165) is 17.5 Å². The van der Waals surface area contributed by atoms with Gasteiger partial charge >= 0.3 is 0 Å². The standard InChI is InChI=1S/C12H15NO2/c1-9(2)12(15)13-11-6-4-3-5-10(11)7-8-14/h3-6,8-9H,7H2,1-2H3,(H,13,15). The van der Waals surface area contributed by atoms with Gasteiger partial charge in [0.25, 0.3) is 0 Å². The molecule has 3 heteroatoms. The Bertz CT molecular complexity index is 358. The number of aldehydes is 1. The van der Waals surface area contributed by atoms with Gasteiger partial charge in [0.1, 0.15) is 6.29 Å². The molecule has 0 heterocycles. The van der Waals surface area contributed by atoms with Crippen molar-refractivity contribution < 1.29 is 9.59 Å². The van der Waals surface area contributed by atoms with Crippen molar-refractivity contribution in [1.29, 1.82) is 0 Å². The fraction of sp³-hybridized carbons (Fsp3) is 0.333. The van der Waals surface area contributed by atoms with Crippen molar-refractivity contribution in [2.45, 2.75) is 20.3 Å². The van der Waals surface area contributed by atoms with E-state index in [1.54, 1.807) is 6.07 Å². The molecule has 3 nitrogen and oxygen atoms in total. The van der Waals surface area contributed by atoms with Crippen molar-refractivity contribution in [3.05, 3.63) is 29.8 Å². The van der Waals surface area contributed by atoms with E-state index in [4.69, 9.17) is 0 Å². The van der Waals surface area contributed by atoms with Gasteiger partial charge in [-0.2, -0.15) is 0 Å². The molecule has 0 aliphatic carbocycles. The summed E-state index contributed by atoms with van der Waals surface area (Å²) < 4.78 is 0. The summed E-state index contributed by atoms with van der Waals surface area (Å²) in [5.74, 6) is -0.0948. The number of hydrogen-bond donors (Lipinski definition) is 1. The fourth-order valence-corrected chi connectivity index (χ4v) is 1.19. The first-order chi connectivity index (χ1) is 7.15. The molecule has 1 aromatic rings. The van der Waals surface area contributed by atoms with Crippen LogP contribution in [0.5, 0.6) is 0 Å². The summed E-state index contributed by atoms with van der Waals surface area (Å²) >= 11 is 0. The molecule has 0 aromatic heterocycles. The van der Waals surface area contributed by atoms with E-state index in [9.17, 15) is 9.59 Å². The summed E-state index contributed by atoms with van der Waals surface area (Å²) in [6.45, 7) is 3.66. The smallest absolute Gasteiger partial charge is 0.226 e. The zero-order valence-corrected chi connectivity index (χ0v) is 8.99. The zero-order chi connectivity index (χ0) is 11.3. The van der Waals surface area contributed by atoms with Gasteiger partial charge in [0.05, 0.1) is 0 Å². The van der Waals surface area contributed by atoms with E-state index in [1.165, 1.54) is 0 Å². The molecule has 1 rings (SSSR count). The minimum Gasteiger partial charge on any atom is -0.326 e. The Balaban J connectivity index is 2.83. The Morgan fingerprint density at radius 3 is 2.67 bits per heavy atom. The van der Waals surface area contributed by atoms with E-state index in [2.05, 4.69) is 5.32 Å². The highest BCUT2D eigenvalue weighted by Crippen LogP contribution is 2.15. The lowest BCUT2D eigenvalue weighted by atomic mass is 10.1. The molecule has 0 fully saturated rings. The lowest BCUT2D eigenvalue weighted by molar-refractivity contribution is -0.119. The molecule has 15 heavy (non-hydrogen) atoms. The lowest BCUT2D eigenvalue weighted by Crippen LogP contribution is -2.18. The average Bonchev–Trinajstić information content (AvgIpc) is 2.21. The largest absolute Gasteiger partial charge is 0.326 e. The second-order valence-electron chi connectivity index (χ2n) is 3.67. The Labute approximate surface area is 89.5 Å². The molecule has 1 aromatic carbocycles. The maximum Gasteiger partial charge on any atom is 0.226 e. The van der Waals surface area contributed by atoms with Crippen molar-refractivity contribution in [2.75, 3.05) is 5.32 Å². The van der Waals surface area contributed by atoms with Gasteiger partial charge in [-0.1, -0.05) is 32.0 Å². The van der Waals surface area contributed by atoms with Crippen LogP contribution >= 0.6 is 0 Å². The van der Waals surface area contributed by atoms with Crippen LogP contribution in [0.15, 0.2) is 24.3 Å². The Morgan fingerprint density at radius 2 is 2.07 bits per heavy atom. The van der Waals surface area contributed by atoms with E-state index in [-0.39, 0.29) is 11.8 Å². The second kappa shape index (κ2) is 5.29. The first-order valence-electron chi connectivity index (χ1n) is 4.97. The molecule has 80 valence electrons. The summed E-state index contributed by atoms with van der Waals surface area (Å²) in [5.41, 5.74) is 1.57. The summed E-state index contributed by atoms with van der Waals surface area (Å²) in [5, 5.41) is 2.80. The Hall–Kier alpha value is -1.64. The number of anilines is 1. The highest BCUT2D eigenvalue weighted by atomic mass is 16.1. The lowest BCUT2D eigenvalue weighted by Gasteiger charge is -2.10. The summed E-state index contributed by atoms with van der Waals surface area (Å²) in [6.07, 6.45) is 1.16. The molecule has 0 atom stereocenters. The summed E-state index contributed by atoms with van der Waals surface area (Å²) in [4.78, 5) is 21.9. The number of carbonyl (C=O) groups excluding carboxylic acids is 2. The molecular weight excluding hydrogens is 190 g/mol. The van der Waals surface area contributed by atoms with Gasteiger partial charge in [-0.05, 0) is 11.6 Å². The minimum absolute atomic E-state index is 0.0339. The predicted octanol–water partition coefficient (Wildman–Crippen LogP) is 2.02. The van der Waals surface area contributed by atoms with Gasteiger partial charge < -0.3 is 10.1 Å². The molecule has 0 radical (unpaired) electrons. The molecular formula is C12H15NO2. The average molecular weight is 205 g/mol. The van der Waals surface area contributed by atoms with Crippen LogP contribution in [-0.4, -0.2) is 12.2 Å². The molecule has 0 aliphatic heterocycles. The molecule has 0 unspecified atom stereocenters. The summed E-state index contributed by atoms with van der Waals surface area (Å²) in [7, 11) is 0. The van der Waals surface area contributed by atoms with Crippen LogP contribution < -0.4 is 5.32 Å². The quantitative estimate of drug-likeness (QED) is 0.764. The van der Waals surface area contributed by atoms with Crippen molar-refractivity contribution in [3.8, 4) is 0 Å². The van der Waals surface area contributed by atoms with Crippen LogP contribution in [0, 0.1) is 5.92 Å². The third-order valence-corrected chi connectivity index (χ3v) is 2.10. The first kappa shape index (κ1) is 11.4.